The quantitative estimate of drug-likeness (QED) is 0.827. The summed E-state index contributed by atoms with van der Waals surface area (Å²) in [6.45, 7) is 7.45. The molecule has 0 aromatic heterocycles. The SMILES string of the molecule is COC(=O)c1cc(C2(NS(=O)C(C)(C)C)CCC2)c(O)cc1C. The maximum Gasteiger partial charge on any atom is 0.338 e. The van der Waals surface area contributed by atoms with Crippen molar-refractivity contribution >= 4 is 17.0 Å². The summed E-state index contributed by atoms with van der Waals surface area (Å²) >= 11 is 0. The van der Waals surface area contributed by atoms with Crippen LogP contribution in [-0.4, -0.2) is 27.1 Å². The standard InChI is InChI=1S/C17H25NO4S/c1-11-9-14(19)13(10-12(11)15(20)22-5)17(7-6-8-17)18-23(21)16(2,3)4/h9-10,18-19H,6-8H2,1-5H3. The van der Waals surface area contributed by atoms with E-state index < -0.39 is 27.2 Å². The number of carbonyl (C=O) groups excluding carboxylic acids is 1. The van der Waals surface area contributed by atoms with Crippen LogP contribution in [0.1, 0.15) is 61.5 Å². The second-order valence-corrected chi connectivity index (χ2v) is 9.06. The van der Waals surface area contributed by atoms with Crippen molar-refractivity contribution in [2.45, 2.75) is 57.2 Å². The minimum atomic E-state index is -1.27. The molecule has 1 saturated carbocycles. The van der Waals surface area contributed by atoms with Gasteiger partial charge in [-0.3, -0.25) is 0 Å². The van der Waals surface area contributed by atoms with Gasteiger partial charge in [-0.05, 0) is 64.7 Å². The van der Waals surface area contributed by atoms with Crippen LogP contribution >= 0.6 is 0 Å². The van der Waals surface area contributed by atoms with Crippen molar-refractivity contribution in [2.75, 3.05) is 7.11 Å². The van der Waals surface area contributed by atoms with E-state index in [1.165, 1.54) is 7.11 Å². The fourth-order valence-corrected chi connectivity index (χ4v) is 3.67. The molecule has 1 aromatic carbocycles. The summed E-state index contributed by atoms with van der Waals surface area (Å²) in [6.07, 6.45) is 2.52. The fourth-order valence-electron chi connectivity index (χ4n) is 2.69. The summed E-state index contributed by atoms with van der Waals surface area (Å²) in [4.78, 5) is 11.9. The Morgan fingerprint density at radius 1 is 1.35 bits per heavy atom. The highest BCUT2D eigenvalue weighted by molar-refractivity contribution is 7.84. The number of aromatic hydroxyl groups is 1. The summed E-state index contributed by atoms with van der Waals surface area (Å²) in [5, 5.41) is 10.4. The number of esters is 1. The maximum absolute atomic E-state index is 12.5. The Labute approximate surface area is 140 Å². The molecule has 0 radical (unpaired) electrons. The van der Waals surface area contributed by atoms with E-state index in [9.17, 15) is 14.1 Å². The van der Waals surface area contributed by atoms with Crippen molar-refractivity contribution < 1.29 is 18.8 Å². The predicted molar refractivity (Wildman–Crippen MR) is 90.7 cm³/mol. The number of phenols is 1. The zero-order chi connectivity index (χ0) is 17.4. The molecule has 0 saturated heterocycles. The van der Waals surface area contributed by atoms with Gasteiger partial charge in [0, 0.05) is 5.56 Å². The third-order valence-corrected chi connectivity index (χ3v) is 6.00. The first-order valence-corrected chi connectivity index (χ1v) is 8.88. The molecule has 2 N–H and O–H groups in total. The van der Waals surface area contributed by atoms with Gasteiger partial charge in [0.25, 0.3) is 0 Å². The second-order valence-electron chi connectivity index (χ2n) is 7.09. The number of hydrogen-bond donors (Lipinski definition) is 2. The smallest absolute Gasteiger partial charge is 0.338 e. The lowest BCUT2D eigenvalue weighted by atomic mass is 9.72. The minimum absolute atomic E-state index is 0.119. The van der Waals surface area contributed by atoms with Crippen LogP contribution in [0, 0.1) is 6.92 Å². The lowest BCUT2D eigenvalue weighted by Crippen LogP contribution is -2.52. The Bertz CT molecular complexity index is 645. The number of carbonyl (C=O) groups is 1. The fraction of sp³-hybridized carbons (Fsp3) is 0.588. The molecular weight excluding hydrogens is 314 g/mol. The molecule has 0 spiro atoms. The van der Waals surface area contributed by atoms with Crippen molar-refractivity contribution in [3.05, 3.63) is 28.8 Å². The summed E-state index contributed by atoms with van der Waals surface area (Å²) < 4.78 is 20.1. The Balaban J connectivity index is 2.46. The van der Waals surface area contributed by atoms with E-state index in [0.717, 1.165) is 19.3 Å². The first kappa shape index (κ1) is 17.9. The third kappa shape index (κ3) is 3.43. The summed E-state index contributed by atoms with van der Waals surface area (Å²) in [7, 11) is 0.0678. The van der Waals surface area contributed by atoms with E-state index >= 15 is 0 Å². The van der Waals surface area contributed by atoms with Gasteiger partial charge in [0.2, 0.25) is 0 Å². The highest BCUT2D eigenvalue weighted by atomic mass is 32.2. The number of rotatable bonds is 4. The van der Waals surface area contributed by atoms with E-state index in [0.29, 0.717) is 16.7 Å². The lowest BCUT2D eigenvalue weighted by Gasteiger charge is -2.44. The number of aryl methyl sites for hydroxylation is 1. The predicted octanol–water partition coefficient (Wildman–Crippen LogP) is 2.92. The highest BCUT2D eigenvalue weighted by Gasteiger charge is 2.43. The van der Waals surface area contributed by atoms with Crippen molar-refractivity contribution in [1.29, 1.82) is 0 Å². The molecule has 1 unspecified atom stereocenters. The van der Waals surface area contributed by atoms with Crippen LogP contribution in [0.4, 0.5) is 0 Å². The van der Waals surface area contributed by atoms with Crippen LogP contribution in [0.3, 0.4) is 0 Å². The van der Waals surface area contributed by atoms with Crippen LogP contribution < -0.4 is 4.72 Å². The van der Waals surface area contributed by atoms with Crippen molar-refractivity contribution in [3.8, 4) is 5.75 Å². The average Bonchev–Trinajstić information content (AvgIpc) is 2.41. The van der Waals surface area contributed by atoms with E-state index in [2.05, 4.69) is 4.72 Å². The summed E-state index contributed by atoms with van der Waals surface area (Å²) in [5.74, 6) is -0.316. The average molecular weight is 339 g/mol. The molecule has 1 atom stereocenters. The van der Waals surface area contributed by atoms with Crippen molar-refractivity contribution in [1.82, 2.24) is 4.72 Å². The summed E-state index contributed by atoms with van der Waals surface area (Å²) in [6, 6.07) is 3.24. The molecule has 1 fully saturated rings. The van der Waals surface area contributed by atoms with Gasteiger partial charge in [0.15, 0.2) is 0 Å². The number of ether oxygens (including phenoxy) is 1. The van der Waals surface area contributed by atoms with Gasteiger partial charge < -0.3 is 9.84 Å². The van der Waals surface area contributed by atoms with Gasteiger partial charge in [-0.25, -0.2) is 13.7 Å². The van der Waals surface area contributed by atoms with Crippen molar-refractivity contribution in [3.63, 3.8) is 0 Å². The van der Waals surface area contributed by atoms with Crippen LogP contribution in [0.15, 0.2) is 12.1 Å². The zero-order valence-electron chi connectivity index (χ0n) is 14.4. The number of hydrogen-bond acceptors (Lipinski definition) is 4. The molecule has 0 bridgehead atoms. The normalized spacial score (nSPS) is 18.1. The van der Waals surface area contributed by atoms with E-state index in [-0.39, 0.29) is 5.75 Å². The molecule has 1 aromatic rings. The van der Waals surface area contributed by atoms with E-state index in [1.54, 1.807) is 19.1 Å². The van der Waals surface area contributed by atoms with Crippen LogP contribution in [0.5, 0.6) is 5.75 Å². The molecule has 0 heterocycles. The van der Waals surface area contributed by atoms with Crippen LogP contribution in [-0.2, 0) is 21.3 Å². The van der Waals surface area contributed by atoms with Crippen molar-refractivity contribution in [2.24, 2.45) is 0 Å². The Morgan fingerprint density at radius 2 is 1.96 bits per heavy atom. The molecule has 1 aliphatic carbocycles. The van der Waals surface area contributed by atoms with Crippen LogP contribution in [0.2, 0.25) is 0 Å². The van der Waals surface area contributed by atoms with Gasteiger partial charge in [0.1, 0.15) is 5.75 Å². The molecule has 0 amide bonds. The Morgan fingerprint density at radius 3 is 2.39 bits per heavy atom. The first-order chi connectivity index (χ1) is 10.6. The molecular formula is C17H25NO4S. The number of benzene rings is 1. The number of phenolic OH excluding ortho intramolecular Hbond substituents is 1. The number of methoxy groups -OCH3 is 1. The third-order valence-electron chi connectivity index (χ3n) is 4.31. The monoisotopic (exact) mass is 339 g/mol. The van der Waals surface area contributed by atoms with E-state index in [4.69, 9.17) is 4.74 Å². The topological polar surface area (TPSA) is 75.6 Å². The molecule has 5 nitrogen and oxygen atoms in total. The summed E-state index contributed by atoms with van der Waals surface area (Å²) in [5.41, 5.74) is 1.14. The second kappa shape index (κ2) is 6.24. The van der Waals surface area contributed by atoms with E-state index in [1.807, 2.05) is 20.8 Å². The van der Waals surface area contributed by atoms with Gasteiger partial charge in [-0.2, -0.15) is 0 Å². The Kier molecular flexibility index (Phi) is 4.87. The van der Waals surface area contributed by atoms with Gasteiger partial charge in [0.05, 0.1) is 33.9 Å². The molecule has 23 heavy (non-hydrogen) atoms. The lowest BCUT2D eigenvalue weighted by molar-refractivity contribution is 0.0599. The highest BCUT2D eigenvalue weighted by Crippen LogP contribution is 2.46. The van der Waals surface area contributed by atoms with Crippen LogP contribution in [0.25, 0.3) is 0 Å². The zero-order valence-corrected chi connectivity index (χ0v) is 15.2. The van der Waals surface area contributed by atoms with Gasteiger partial charge in [-0.15, -0.1) is 0 Å². The largest absolute Gasteiger partial charge is 0.508 e. The molecule has 2 rings (SSSR count). The molecule has 1 aliphatic rings. The molecule has 0 aliphatic heterocycles. The number of nitrogens with one attached hydrogen (secondary N) is 1. The van der Waals surface area contributed by atoms with Gasteiger partial charge in [-0.1, -0.05) is 0 Å². The first-order valence-electron chi connectivity index (χ1n) is 7.73. The molecule has 6 heteroatoms. The van der Waals surface area contributed by atoms with Gasteiger partial charge >= 0.3 is 5.97 Å². The molecule has 128 valence electrons. The maximum atomic E-state index is 12.5. The Hall–Kier alpha value is -1.40. The minimum Gasteiger partial charge on any atom is -0.508 e.